The highest BCUT2D eigenvalue weighted by molar-refractivity contribution is 5.30. The van der Waals surface area contributed by atoms with Crippen LogP contribution in [0.4, 0.5) is 5.95 Å². The Hall–Kier alpha value is -1.24. The topological polar surface area (TPSA) is 53.5 Å². The molecule has 2 heterocycles. The molecule has 0 saturated carbocycles. The van der Waals surface area contributed by atoms with Gasteiger partial charge in [-0.05, 0) is 13.0 Å². The summed E-state index contributed by atoms with van der Waals surface area (Å²) >= 11 is 0. The number of nitrogens with zero attached hydrogens (tertiary/aromatic N) is 4. The molecule has 1 saturated heterocycles. The summed E-state index contributed by atoms with van der Waals surface area (Å²) in [5.41, 5.74) is 1.11. The van der Waals surface area contributed by atoms with E-state index in [1.165, 1.54) is 0 Å². The highest BCUT2D eigenvalue weighted by Crippen LogP contribution is 2.10. The van der Waals surface area contributed by atoms with Crippen LogP contribution in [0.5, 0.6) is 0 Å². The van der Waals surface area contributed by atoms with Crippen molar-refractivity contribution in [2.45, 2.75) is 26.4 Å². The second kappa shape index (κ2) is 8.41. The van der Waals surface area contributed by atoms with E-state index in [2.05, 4.69) is 46.0 Å². The first kappa shape index (κ1) is 17.1. The van der Waals surface area contributed by atoms with Gasteiger partial charge in [-0.3, -0.25) is 0 Å². The lowest BCUT2D eigenvalue weighted by molar-refractivity contribution is 0.146. The van der Waals surface area contributed by atoms with Crippen molar-refractivity contribution in [3.05, 3.63) is 18.0 Å². The third-order valence-corrected chi connectivity index (χ3v) is 4.20. The largest absolute Gasteiger partial charge is 0.383 e. The van der Waals surface area contributed by atoms with Crippen LogP contribution >= 0.6 is 0 Å². The summed E-state index contributed by atoms with van der Waals surface area (Å²) < 4.78 is 5.26. The summed E-state index contributed by atoms with van der Waals surface area (Å²) in [6.45, 7) is 10.0. The first-order chi connectivity index (χ1) is 10.6. The zero-order valence-electron chi connectivity index (χ0n) is 14.2. The van der Waals surface area contributed by atoms with Crippen LogP contribution in [0.2, 0.25) is 0 Å². The van der Waals surface area contributed by atoms with Crippen LogP contribution in [-0.2, 0) is 11.3 Å². The van der Waals surface area contributed by atoms with Crippen LogP contribution in [0.25, 0.3) is 0 Å². The maximum absolute atomic E-state index is 5.26. The molecular formula is C16H29N5O. The minimum atomic E-state index is 0.349. The SMILES string of the molecule is COC[C@@H](NCc1cnc(N2CCN(C)CC2)nc1)C(C)C. The molecule has 0 aromatic carbocycles. The normalized spacial score (nSPS) is 18.0. The van der Waals surface area contributed by atoms with E-state index in [0.717, 1.165) is 50.8 Å². The first-order valence-electron chi connectivity index (χ1n) is 8.07. The number of aromatic nitrogens is 2. The van der Waals surface area contributed by atoms with Crippen molar-refractivity contribution in [3.8, 4) is 0 Å². The van der Waals surface area contributed by atoms with Gasteiger partial charge in [-0.15, -0.1) is 0 Å². The average molecular weight is 307 g/mol. The molecule has 22 heavy (non-hydrogen) atoms. The third kappa shape index (κ3) is 4.90. The summed E-state index contributed by atoms with van der Waals surface area (Å²) in [6, 6.07) is 0.349. The lowest BCUT2D eigenvalue weighted by Crippen LogP contribution is -2.45. The maximum atomic E-state index is 5.26. The fourth-order valence-electron chi connectivity index (χ4n) is 2.52. The van der Waals surface area contributed by atoms with Crippen LogP contribution in [0.1, 0.15) is 19.4 Å². The van der Waals surface area contributed by atoms with Gasteiger partial charge >= 0.3 is 0 Å². The zero-order valence-corrected chi connectivity index (χ0v) is 14.2. The smallest absolute Gasteiger partial charge is 0.225 e. The van der Waals surface area contributed by atoms with Crippen molar-refractivity contribution in [2.24, 2.45) is 5.92 Å². The van der Waals surface area contributed by atoms with Crippen molar-refractivity contribution in [1.82, 2.24) is 20.2 Å². The fraction of sp³-hybridized carbons (Fsp3) is 0.750. The molecule has 2 rings (SSSR count). The Balaban J connectivity index is 1.86. The van der Waals surface area contributed by atoms with Crippen LogP contribution in [0, 0.1) is 5.92 Å². The summed E-state index contributed by atoms with van der Waals surface area (Å²) in [4.78, 5) is 13.6. The average Bonchev–Trinajstić information content (AvgIpc) is 2.52. The number of hydrogen-bond donors (Lipinski definition) is 1. The molecule has 0 bridgehead atoms. The second-order valence-corrected chi connectivity index (χ2v) is 6.37. The van der Waals surface area contributed by atoms with Gasteiger partial charge in [0.05, 0.1) is 6.61 Å². The molecular weight excluding hydrogens is 278 g/mol. The summed E-state index contributed by atoms with van der Waals surface area (Å²) in [5, 5.41) is 3.52. The predicted molar refractivity (Wildman–Crippen MR) is 89.1 cm³/mol. The van der Waals surface area contributed by atoms with Crippen LogP contribution in [0.3, 0.4) is 0 Å². The standard InChI is InChI=1S/C16H29N5O/c1-13(2)15(12-22-4)17-9-14-10-18-16(19-11-14)21-7-5-20(3)6-8-21/h10-11,13,15,17H,5-9,12H2,1-4H3/t15-/m1/s1. The lowest BCUT2D eigenvalue weighted by atomic mass is 10.1. The second-order valence-electron chi connectivity index (χ2n) is 6.37. The molecule has 0 amide bonds. The number of rotatable bonds is 7. The van der Waals surface area contributed by atoms with Gasteiger partial charge in [-0.2, -0.15) is 0 Å². The Kier molecular flexibility index (Phi) is 6.54. The molecule has 0 aliphatic carbocycles. The van der Waals surface area contributed by atoms with Gasteiger partial charge in [0.15, 0.2) is 0 Å². The Bertz CT molecular complexity index is 429. The summed E-state index contributed by atoms with van der Waals surface area (Å²) in [5.74, 6) is 1.37. The molecule has 0 unspecified atom stereocenters. The van der Waals surface area contributed by atoms with E-state index in [0.29, 0.717) is 12.0 Å². The van der Waals surface area contributed by atoms with Crippen molar-refractivity contribution >= 4 is 5.95 Å². The van der Waals surface area contributed by atoms with E-state index in [-0.39, 0.29) is 0 Å². The summed E-state index contributed by atoms with van der Waals surface area (Å²) in [6.07, 6.45) is 3.86. The van der Waals surface area contributed by atoms with Gasteiger partial charge in [0.1, 0.15) is 0 Å². The van der Waals surface area contributed by atoms with Gasteiger partial charge in [0.2, 0.25) is 5.95 Å². The van der Waals surface area contributed by atoms with Gasteiger partial charge in [0, 0.05) is 63.8 Å². The molecule has 1 N–H and O–H groups in total. The van der Waals surface area contributed by atoms with Crippen LogP contribution in [0.15, 0.2) is 12.4 Å². The van der Waals surface area contributed by atoms with Crippen LogP contribution < -0.4 is 10.2 Å². The summed E-state index contributed by atoms with van der Waals surface area (Å²) in [7, 11) is 3.89. The van der Waals surface area contributed by atoms with Gasteiger partial charge in [0.25, 0.3) is 0 Å². The highest BCUT2D eigenvalue weighted by atomic mass is 16.5. The molecule has 1 aromatic heterocycles. The molecule has 6 heteroatoms. The van der Waals surface area contributed by atoms with E-state index in [9.17, 15) is 0 Å². The number of hydrogen-bond acceptors (Lipinski definition) is 6. The maximum Gasteiger partial charge on any atom is 0.225 e. The molecule has 124 valence electrons. The third-order valence-electron chi connectivity index (χ3n) is 4.20. The Labute approximate surface area is 133 Å². The number of piperazine rings is 1. The van der Waals surface area contributed by atoms with Crippen molar-refractivity contribution in [3.63, 3.8) is 0 Å². The number of ether oxygens (including phenoxy) is 1. The quantitative estimate of drug-likeness (QED) is 0.811. The fourth-order valence-corrected chi connectivity index (χ4v) is 2.52. The number of anilines is 1. The van der Waals surface area contributed by atoms with Gasteiger partial charge in [-0.25, -0.2) is 9.97 Å². The molecule has 1 aliphatic rings. The van der Waals surface area contributed by atoms with Gasteiger partial charge < -0.3 is 19.9 Å². The minimum Gasteiger partial charge on any atom is -0.383 e. The number of methoxy groups -OCH3 is 1. The van der Waals surface area contributed by atoms with Crippen molar-refractivity contribution in [2.75, 3.05) is 51.8 Å². The molecule has 6 nitrogen and oxygen atoms in total. The monoisotopic (exact) mass is 307 g/mol. The van der Waals surface area contributed by atoms with E-state index in [1.54, 1.807) is 7.11 Å². The van der Waals surface area contributed by atoms with Crippen molar-refractivity contribution in [1.29, 1.82) is 0 Å². The van der Waals surface area contributed by atoms with E-state index in [4.69, 9.17) is 4.74 Å². The van der Waals surface area contributed by atoms with Crippen LogP contribution in [-0.4, -0.2) is 67.9 Å². The predicted octanol–water partition coefficient (Wildman–Crippen LogP) is 0.989. The highest BCUT2D eigenvalue weighted by Gasteiger charge is 2.16. The Morgan fingerprint density at radius 2 is 1.82 bits per heavy atom. The zero-order chi connectivity index (χ0) is 15.9. The van der Waals surface area contributed by atoms with E-state index in [1.807, 2.05) is 12.4 Å². The first-order valence-corrected chi connectivity index (χ1v) is 8.07. The molecule has 0 spiro atoms. The molecule has 1 aliphatic heterocycles. The minimum absolute atomic E-state index is 0.349. The van der Waals surface area contributed by atoms with E-state index < -0.39 is 0 Å². The molecule has 1 aromatic rings. The van der Waals surface area contributed by atoms with Gasteiger partial charge in [-0.1, -0.05) is 13.8 Å². The molecule has 1 atom stereocenters. The van der Waals surface area contributed by atoms with Crippen molar-refractivity contribution < 1.29 is 4.74 Å². The number of likely N-dealkylation sites (N-methyl/N-ethyl adjacent to an activating group) is 1. The molecule has 1 fully saturated rings. The number of nitrogens with one attached hydrogen (secondary N) is 1. The molecule has 0 radical (unpaired) electrons. The Morgan fingerprint density at radius 3 is 2.36 bits per heavy atom. The van der Waals surface area contributed by atoms with E-state index >= 15 is 0 Å². The lowest BCUT2D eigenvalue weighted by Gasteiger charge is -2.32. The Morgan fingerprint density at radius 1 is 1.18 bits per heavy atom.